The van der Waals surface area contributed by atoms with Gasteiger partial charge in [0, 0.05) is 13.1 Å². The number of carboxylic acid groups (broad SMARTS) is 1. The van der Waals surface area contributed by atoms with Gasteiger partial charge in [-0.15, -0.1) is 0 Å². The van der Waals surface area contributed by atoms with Crippen LogP contribution in [0.25, 0.3) is 10.8 Å². The van der Waals surface area contributed by atoms with Crippen LogP contribution >= 0.6 is 0 Å². The molecule has 100 valence electrons. The van der Waals surface area contributed by atoms with E-state index in [0.717, 1.165) is 0 Å². The molecule has 0 unspecified atom stereocenters. The Morgan fingerprint density at radius 2 is 1.84 bits per heavy atom. The van der Waals surface area contributed by atoms with Crippen molar-refractivity contribution in [1.82, 2.24) is 5.32 Å². The van der Waals surface area contributed by atoms with Crippen LogP contribution in [-0.2, 0) is 11.3 Å². The van der Waals surface area contributed by atoms with Crippen molar-refractivity contribution in [3.63, 3.8) is 0 Å². The third kappa shape index (κ3) is 3.12. The van der Waals surface area contributed by atoms with Crippen LogP contribution in [0.15, 0.2) is 42.5 Å². The highest BCUT2D eigenvalue weighted by Gasteiger charge is 2.26. The van der Waals surface area contributed by atoms with Gasteiger partial charge >= 0.3 is 5.97 Å². The van der Waals surface area contributed by atoms with Crippen molar-refractivity contribution in [3.8, 4) is 0 Å². The number of carbonyl (C=O) groups is 1. The van der Waals surface area contributed by atoms with Crippen molar-refractivity contribution in [3.05, 3.63) is 48.0 Å². The summed E-state index contributed by atoms with van der Waals surface area (Å²) in [5.74, 6) is -0.780. The van der Waals surface area contributed by atoms with Gasteiger partial charge in [-0.25, -0.2) is 0 Å². The summed E-state index contributed by atoms with van der Waals surface area (Å²) in [6.45, 7) is 4.58. The third-order valence-electron chi connectivity index (χ3n) is 3.34. The lowest BCUT2D eigenvalue weighted by Crippen LogP contribution is -2.35. The molecule has 0 amide bonds. The van der Waals surface area contributed by atoms with Gasteiger partial charge in [-0.1, -0.05) is 42.5 Å². The molecule has 0 spiro atoms. The average molecular weight is 257 g/mol. The average Bonchev–Trinajstić information content (AvgIpc) is 2.38. The Kier molecular flexibility index (Phi) is 3.86. The van der Waals surface area contributed by atoms with E-state index in [4.69, 9.17) is 5.11 Å². The van der Waals surface area contributed by atoms with Crippen molar-refractivity contribution >= 4 is 16.7 Å². The predicted octanol–water partition coefficient (Wildman–Crippen LogP) is 3.04. The maximum Gasteiger partial charge on any atom is 0.310 e. The van der Waals surface area contributed by atoms with Gasteiger partial charge in [0.15, 0.2) is 0 Å². The minimum atomic E-state index is -0.780. The third-order valence-corrected chi connectivity index (χ3v) is 3.34. The minimum absolute atomic E-state index is 0.450. The molecule has 0 saturated carbocycles. The molecule has 2 rings (SSSR count). The number of aliphatic carboxylic acids is 1. The van der Waals surface area contributed by atoms with E-state index >= 15 is 0 Å². The SMILES string of the molecule is CC(C)(CNCc1cccc2ccccc12)C(=O)O. The number of benzene rings is 2. The van der Waals surface area contributed by atoms with E-state index in [9.17, 15) is 4.79 Å². The number of fused-ring (bicyclic) bond motifs is 1. The first-order chi connectivity index (χ1) is 9.00. The van der Waals surface area contributed by atoms with Crippen LogP contribution in [0, 0.1) is 5.41 Å². The number of rotatable bonds is 5. The van der Waals surface area contributed by atoms with Gasteiger partial charge in [0.25, 0.3) is 0 Å². The molecule has 3 heteroatoms. The van der Waals surface area contributed by atoms with Gasteiger partial charge in [0.05, 0.1) is 5.41 Å². The lowest BCUT2D eigenvalue weighted by atomic mass is 9.94. The van der Waals surface area contributed by atoms with Gasteiger partial charge in [-0.05, 0) is 30.2 Å². The molecular formula is C16H19NO2. The zero-order valence-electron chi connectivity index (χ0n) is 11.3. The van der Waals surface area contributed by atoms with Crippen molar-refractivity contribution in [1.29, 1.82) is 0 Å². The minimum Gasteiger partial charge on any atom is -0.481 e. The summed E-state index contributed by atoms with van der Waals surface area (Å²) < 4.78 is 0. The zero-order chi connectivity index (χ0) is 13.9. The highest BCUT2D eigenvalue weighted by molar-refractivity contribution is 5.85. The lowest BCUT2D eigenvalue weighted by molar-refractivity contribution is -0.146. The van der Waals surface area contributed by atoms with Gasteiger partial charge in [-0.2, -0.15) is 0 Å². The van der Waals surface area contributed by atoms with Gasteiger partial charge in [0.1, 0.15) is 0 Å². The van der Waals surface area contributed by atoms with E-state index in [2.05, 4.69) is 29.6 Å². The molecule has 0 heterocycles. The van der Waals surface area contributed by atoms with Crippen molar-refractivity contribution in [2.75, 3.05) is 6.54 Å². The Morgan fingerprint density at radius 3 is 2.58 bits per heavy atom. The Hall–Kier alpha value is -1.87. The highest BCUT2D eigenvalue weighted by atomic mass is 16.4. The fourth-order valence-electron chi connectivity index (χ4n) is 2.03. The molecular weight excluding hydrogens is 238 g/mol. The van der Waals surface area contributed by atoms with Gasteiger partial charge < -0.3 is 10.4 Å². The van der Waals surface area contributed by atoms with E-state index in [-0.39, 0.29) is 0 Å². The van der Waals surface area contributed by atoms with Crippen molar-refractivity contribution in [2.45, 2.75) is 20.4 Å². The standard InChI is InChI=1S/C16H19NO2/c1-16(2,15(18)19)11-17-10-13-8-5-7-12-6-3-4-9-14(12)13/h3-9,17H,10-11H2,1-2H3,(H,18,19). The van der Waals surface area contributed by atoms with Crippen LogP contribution in [0.4, 0.5) is 0 Å². The van der Waals surface area contributed by atoms with E-state index in [1.54, 1.807) is 13.8 Å². The van der Waals surface area contributed by atoms with E-state index in [1.165, 1.54) is 16.3 Å². The molecule has 2 aromatic carbocycles. The summed E-state index contributed by atoms with van der Waals surface area (Å²) >= 11 is 0. The zero-order valence-corrected chi connectivity index (χ0v) is 11.3. The Labute approximate surface area is 113 Å². The van der Waals surface area contributed by atoms with Crippen LogP contribution in [0.5, 0.6) is 0 Å². The normalized spacial score (nSPS) is 11.7. The predicted molar refractivity (Wildman–Crippen MR) is 77.1 cm³/mol. The second-order valence-corrected chi connectivity index (χ2v) is 5.43. The van der Waals surface area contributed by atoms with Crippen LogP contribution in [0.3, 0.4) is 0 Å². The molecule has 0 aliphatic heterocycles. The fourth-order valence-corrected chi connectivity index (χ4v) is 2.03. The Balaban J connectivity index is 2.09. The van der Waals surface area contributed by atoms with Crippen molar-refractivity contribution < 1.29 is 9.90 Å². The number of nitrogens with one attached hydrogen (secondary N) is 1. The second kappa shape index (κ2) is 5.41. The van der Waals surface area contributed by atoms with Crippen LogP contribution in [0.2, 0.25) is 0 Å². The first-order valence-corrected chi connectivity index (χ1v) is 6.41. The topological polar surface area (TPSA) is 49.3 Å². The number of hydrogen-bond donors (Lipinski definition) is 2. The molecule has 0 atom stereocenters. The smallest absolute Gasteiger partial charge is 0.310 e. The Morgan fingerprint density at radius 1 is 1.16 bits per heavy atom. The van der Waals surface area contributed by atoms with E-state index < -0.39 is 11.4 Å². The highest BCUT2D eigenvalue weighted by Crippen LogP contribution is 2.19. The first kappa shape index (κ1) is 13.6. The van der Waals surface area contributed by atoms with Crippen LogP contribution < -0.4 is 5.32 Å². The molecule has 0 aliphatic carbocycles. The molecule has 0 aliphatic rings. The molecule has 0 saturated heterocycles. The van der Waals surface area contributed by atoms with E-state index in [0.29, 0.717) is 13.1 Å². The second-order valence-electron chi connectivity index (χ2n) is 5.43. The molecule has 0 bridgehead atoms. The quantitative estimate of drug-likeness (QED) is 0.865. The fraction of sp³-hybridized carbons (Fsp3) is 0.312. The van der Waals surface area contributed by atoms with E-state index in [1.807, 2.05) is 18.2 Å². The van der Waals surface area contributed by atoms with Crippen LogP contribution in [0.1, 0.15) is 19.4 Å². The van der Waals surface area contributed by atoms with Gasteiger partial charge in [0.2, 0.25) is 0 Å². The Bertz CT molecular complexity index is 585. The molecule has 19 heavy (non-hydrogen) atoms. The maximum atomic E-state index is 11.0. The molecule has 0 aromatic heterocycles. The van der Waals surface area contributed by atoms with Gasteiger partial charge in [-0.3, -0.25) is 4.79 Å². The van der Waals surface area contributed by atoms with Crippen molar-refractivity contribution in [2.24, 2.45) is 5.41 Å². The summed E-state index contributed by atoms with van der Waals surface area (Å²) in [4.78, 5) is 11.0. The lowest BCUT2D eigenvalue weighted by Gasteiger charge is -2.19. The molecule has 3 nitrogen and oxygen atoms in total. The number of carboxylic acids is 1. The largest absolute Gasteiger partial charge is 0.481 e. The summed E-state index contributed by atoms with van der Waals surface area (Å²) in [5, 5.41) is 14.7. The monoisotopic (exact) mass is 257 g/mol. The molecule has 0 radical (unpaired) electrons. The summed E-state index contributed by atoms with van der Waals surface area (Å²) in [5.41, 5.74) is 0.448. The summed E-state index contributed by atoms with van der Waals surface area (Å²) in [6.07, 6.45) is 0. The summed E-state index contributed by atoms with van der Waals surface area (Å²) in [7, 11) is 0. The van der Waals surface area contributed by atoms with Crippen LogP contribution in [-0.4, -0.2) is 17.6 Å². The molecule has 2 N–H and O–H groups in total. The first-order valence-electron chi connectivity index (χ1n) is 6.41. The maximum absolute atomic E-state index is 11.0. The molecule has 0 fully saturated rings. The summed E-state index contributed by atoms with van der Waals surface area (Å²) in [6, 6.07) is 14.4. The number of hydrogen-bond acceptors (Lipinski definition) is 2. The molecule has 2 aromatic rings.